The first-order chi connectivity index (χ1) is 9.11. The van der Waals surface area contributed by atoms with E-state index in [-0.39, 0.29) is 24.1 Å². The molecule has 0 spiro atoms. The van der Waals surface area contributed by atoms with E-state index < -0.39 is 0 Å². The molecule has 0 amide bonds. The van der Waals surface area contributed by atoms with E-state index in [2.05, 4.69) is 0 Å². The number of halogens is 1. The molecule has 1 aliphatic carbocycles. The van der Waals surface area contributed by atoms with Gasteiger partial charge in [-0.2, -0.15) is 0 Å². The van der Waals surface area contributed by atoms with E-state index in [0.29, 0.717) is 30.9 Å². The molecule has 0 aliphatic heterocycles. The quantitative estimate of drug-likeness (QED) is 0.798. The Morgan fingerprint density at radius 3 is 2.79 bits per heavy atom. The maximum absolute atomic E-state index is 13.4. The van der Waals surface area contributed by atoms with Gasteiger partial charge in [-0.25, -0.2) is 4.39 Å². The third kappa shape index (κ3) is 3.43. The molecule has 3 unspecified atom stereocenters. The minimum atomic E-state index is -0.266. The SMILES string of the molecule is COCCOC1C(N)CC1Oc1ccc(C)c(F)c1. The number of ether oxygens (including phenoxy) is 3. The first kappa shape index (κ1) is 14.2. The molecule has 4 nitrogen and oxygen atoms in total. The van der Waals surface area contributed by atoms with Crippen LogP contribution < -0.4 is 10.5 Å². The number of nitrogens with two attached hydrogens (primary N) is 1. The summed E-state index contributed by atoms with van der Waals surface area (Å²) in [5.41, 5.74) is 6.49. The summed E-state index contributed by atoms with van der Waals surface area (Å²) in [5.74, 6) is 0.248. The third-order valence-corrected chi connectivity index (χ3v) is 3.32. The summed E-state index contributed by atoms with van der Waals surface area (Å²) in [6.45, 7) is 2.72. The predicted molar refractivity (Wildman–Crippen MR) is 69.8 cm³/mol. The number of benzene rings is 1. The molecule has 106 valence electrons. The van der Waals surface area contributed by atoms with Gasteiger partial charge in [0.25, 0.3) is 0 Å². The summed E-state index contributed by atoms with van der Waals surface area (Å²) >= 11 is 0. The third-order valence-electron chi connectivity index (χ3n) is 3.32. The van der Waals surface area contributed by atoms with Crippen molar-refractivity contribution in [2.24, 2.45) is 5.73 Å². The average Bonchev–Trinajstić information content (AvgIpc) is 2.38. The van der Waals surface area contributed by atoms with E-state index in [1.807, 2.05) is 0 Å². The van der Waals surface area contributed by atoms with E-state index in [0.717, 1.165) is 0 Å². The fourth-order valence-electron chi connectivity index (χ4n) is 2.05. The van der Waals surface area contributed by atoms with Crippen LogP contribution in [0.25, 0.3) is 0 Å². The monoisotopic (exact) mass is 269 g/mol. The Labute approximate surface area is 112 Å². The van der Waals surface area contributed by atoms with Crippen LogP contribution in [0.15, 0.2) is 18.2 Å². The molecule has 5 heteroatoms. The van der Waals surface area contributed by atoms with Crippen LogP contribution in [-0.4, -0.2) is 38.6 Å². The highest BCUT2D eigenvalue weighted by atomic mass is 19.1. The lowest BCUT2D eigenvalue weighted by molar-refractivity contribution is -0.107. The van der Waals surface area contributed by atoms with Crippen LogP contribution in [0.3, 0.4) is 0 Å². The summed E-state index contributed by atoms with van der Waals surface area (Å²) in [6, 6.07) is 4.82. The molecular weight excluding hydrogens is 249 g/mol. The second-order valence-electron chi connectivity index (χ2n) is 4.80. The van der Waals surface area contributed by atoms with Crippen LogP contribution in [0.1, 0.15) is 12.0 Å². The van der Waals surface area contributed by atoms with E-state index in [1.165, 1.54) is 6.07 Å². The van der Waals surface area contributed by atoms with Crippen LogP contribution in [0.4, 0.5) is 4.39 Å². The number of rotatable bonds is 6. The Balaban J connectivity index is 1.89. The Morgan fingerprint density at radius 2 is 2.16 bits per heavy atom. The molecule has 0 radical (unpaired) electrons. The van der Waals surface area contributed by atoms with Gasteiger partial charge in [-0.3, -0.25) is 0 Å². The van der Waals surface area contributed by atoms with Gasteiger partial charge in [0.15, 0.2) is 0 Å². The molecular formula is C14H20FNO3. The second kappa shape index (κ2) is 6.32. The van der Waals surface area contributed by atoms with Crippen molar-refractivity contribution in [1.29, 1.82) is 0 Å². The van der Waals surface area contributed by atoms with Crippen LogP contribution in [-0.2, 0) is 9.47 Å². The topological polar surface area (TPSA) is 53.7 Å². The summed E-state index contributed by atoms with van der Waals surface area (Å²) in [5, 5.41) is 0. The van der Waals surface area contributed by atoms with Gasteiger partial charge in [0.2, 0.25) is 0 Å². The molecule has 0 bridgehead atoms. The lowest BCUT2D eigenvalue weighted by atomic mass is 9.86. The van der Waals surface area contributed by atoms with Crippen molar-refractivity contribution in [3.63, 3.8) is 0 Å². The summed E-state index contributed by atoms with van der Waals surface area (Å²) in [4.78, 5) is 0. The van der Waals surface area contributed by atoms with Gasteiger partial charge in [-0.15, -0.1) is 0 Å². The van der Waals surface area contributed by atoms with Crippen molar-refractivity contribution in [3.05, 3.63) is 29.6 Å². The number of hydrogen-bond acceptors (Lipinski definition) is 4. The van der Waals surface area contributed by atoms with Crippen molar-refractivity contribution < 1.29 is 18.6 Å². The zero-order valence-corrected chi connectivity index (χ0v) is 11.3. The standard InChI is InChI=1S/C14H20FNO3/c1-9-3-4-10(7-11(9)15)19-13-8-12(16)14(13)18-6-5-17-2/h3-4,7,12-14H,5-6,8,16H2,1-2H3. The van der Waals surface area contributed by atoms with E-state index >= 15 is 0 Å². The van der Waals surface area contributed by atoms with Crippen molar-refractivity contribution in [2.75, 3.05) is 20.3 Å². The van der Waals surface area contributed by atoms with E-state index in [9.17, 15) is 4.39 Å². The van der Waals surface area contributed by atoms with E-state index in [1.54, 1.807) is 26.2 Å². The van der Waals surface area contributed by atoms with Crippen LogP contribution in [0.2, 0.25) is 0 Å². The minimum absolute atomic E-state index is 0.0304. The first-order valence-corrected chi connectivity index (χ1v) is 6.40. The predicted octanol–water partition coefficient (Wildman–Crippen LogP) is 1.64. The average molecular weight is 269 g/mol. The lowest BCUT2D eigenvalue weighted by Crippen LogP contribution is -2.59. The van der Waals surface area contributed by atoms with Gasteiger partial charge >= 0.3 is 0 Å². The maximum Gasteiger partial charge on any atom is 0.129 e. The second-order valence-corrected chi connectivity index (χ2v) is 4.80. The summed E-state index contributed by atoms with van der Waals surface area (Å²) in [7, 11) is 1.62. The van der Waals surface area contributed by atoms with Gasteiger partial charge in [0.05, 0.1) is 13.2 Å². The molecule has 1 fully saturated rings. The number of aryl methyl sites for hydroxylation is 1. The van der Waals surface area contributed by atoms with E-state index in [4.69, 9.17) is 19.9 Å². The highest BCUT2D eigenvalue weighted by molar-refractivity contribution is 5.28. The highest BCUT2D eigenvalue weighted by Crippen LogP contribution is 2.28. The molecule has 3 atom stereocenters. The van der Waals surface area contributed by atoms with Gasteiger partial charge in [0, 0.05) is 25.6 Å². The van der Waals surface area contributed by atoms with Gasteiger partial charge < -0.3 is 19.9 Å². The van der Waals surface area contributed by atoms with Gasteiger partial charge in [0.1, 0.15) is 23.8 Å². The van der Waals surface area contributed by atoms with Gasteiger partial charge in [-0.05, 0) is 18.6 Å². The molecule has 2 rings (SSSR count). The highest BCUT2D eigenvalue weighted by Gasteiger charge is 2.41. The fourth-order valence-corrected chi connectivity index (χ4v) is 2.05. The molecule has 1 saturated carbocycles. The van der Waals surface area contributed by atoms with Crippen LogP contribution in [0.5, 0.6) is 5.75 Å². The zero-order valence-electron chi connectivity index (χ0n) is 11.3. The van der Waals surface area contributed by atoms with Crippen molar-refractivity contribution >= 4 is 0 Å². The minimum Gasteiger partial charge on any atom is -0.487 e. The molecule has 1 aromatic rings. The summed E-state index contributed by atoms with van der Waals surface area (Å²) < 4.78 is 29.7. The normalized spacial score (nSPS) is 26.0. The van der Waals surface area contributed by atoms with Gasteiger partial charge in [-0.1, -0.05) is 6.07 Å². The molecule has 0 aromatic heterocycles. The molecule has 1 aromatic carbocycles. The van der Waals surface area contributed by atoms with Crippen molar-refractivity contribution in [3.8, 4) is 5.75 Å². The molecule has 0 heterocycles. The lowest BCUT2D eigenvalue weighted by Gasteiger charge is -2.41. The van der Waals surface area contributed by atoms with Crippen LogP contribution >= 0.6 is 0 Å². The largest absolute Gasteiger partial charge is 0.487 e. The van der Waals surface area contributed by atoms with Crippen LogP contribution in [0, 0.1) is 12.7 Å². The fraction of sp³-hybridized carbons (Fsp3) is 0.571. The Hall–Kier alpha value is -1.17. The summed E-state index contributed by atoms with van der Waals surface area (Å²) in [6.07, 6.45) is 0.445. The zero-order chi connectivity index (χ0) is 13.8. The number of methoxy groups -OCH3 is 1. The van der Waals surface area contributed by atoms with Crippen molar-refractivity contribution in [2.45, 2.75) is 31.6 Å². The molecule has 19 heavy (non-hydrogen) atoms. The maximum atomic E-state index is 13.4. The number of hydrogen-bond donors (Lipinski definition) is 1. The Morgan fingerprint density at radius 1 is 1.37 bits per heavy atom. The van der Waals surface area contributed by atoms with Crippen molar-refractivity contribution in [1.82, 2.24) is 0 Å². The molecule has 0 saturated heterocycles. The Kier molecular flexibility index (Phi) is 4.74. The molecule has 2 N–H and O–H groups in total. The molecule has 1 aliphatic rings. The smallest absolute Gasteiger partial charge is 0.129 e. The Bertz CT molecular complexity index is 427. The first-order valence-electron chi connectivity index (χ1n) is 6.40.